The fourth-order valence-electron chi connectivity index (χ4n) is 2.13. The van der Waals surface area contributed by atoms with Crippen LogP contribution in [0.25, 0.3) is 0 Å². The maximum Gasteiger partial charge on any atom is 0.144 e. The Kier molecular flexibility index (Phi) is 3.64. The van der Waals surface area contributed by atoms with Gasteiger partial charge in [-0.2, -0.15) is 0 Å². The van der Waals surface area contributed by atoms with Gasteiger partial charge in [0.05, 0.1) is 4.47 Å². The summed E-state index contributed by atoms with van der Waals surface area (Å²) in [5, 5.41) is 3.20. The molecule has 0 bridgehead atoms. The molecule has 1 aromatic carbocycles. The van der Waals surface area contributed by atoms with Crippen LogP contribution in [0.15, 0.2) is 22.7 Å². The number of ketones is 1. The van der Waals surface area contributed by atoms with Crippen LogP contribution in [0.2, 0.25) is 0 Å². The zero-order valence-electron chi connectivity index (χ0n) is 9.72. The molecule has 1 unspecified atom stereocenters. The quantitative estimate of drug-likeness (QED) is 0.930. The average molecular weight is 300 g/mol. The molecule has 4 heteroatoms. The van der Waals surface area contributed by atoms with E-state index in [1.165, 1.54) is 6.07 Å². The number of hydrogen-bond donors (Lipinski definition) is 1. The van der Waals surface area contributed by atoms with Gasteiger partial charge >= 0.3 is 0 Å². The van der Waals surface area contributed by atoms with Gasteiger partial charge < -0.3 is 5.32 Å². The van der Waals surface area contributed by atoms with Gasteiger partial charge in [0, 0.05) is 18.4 Å². The molecule has 1 aliphatic rings. The lowest BCUT2D eigenvalue weighted by molar-refractivity contribution is -0.126. The Bertz CT molecular complexity index is 441. The van der Waals surface area contributed by atoms with Gasteiger partial charge in [0.2, 0.25) is 0 Å². The highest BCUT2D eigenvalue weighted by Gasteiger charge is 2.35. The van der Waals surface area contributed by atoms with Crippen molar-refractivity contribution in [2.24, 2.45) is 5.41 Å². The summed E-state index contributed by atoms with van der Waals surface area (Å²) in [5.41, 5.74) is 0.425. The van der Waals surface area contributed by atoms with Crippen molar-refractivity contribution < 1.29 is 9.18 Å². The van der Waals surface area contributed by atoms with Crippen LogP contribution in [-0.2, 0) is 11.2 Å². The minimum absolute atomic E-state index is 0.175. The SMILES string of the molecule is CC1(C(=O)Cc2cccc(F)c2Br)CCNC1. The second kappa shape index (κ2) is 4.86. The third-order valence-corrected chi connectivity index (χ3v) is 4.31. The third kappa shape index (κ3) is 2.58. The van der Waals surface area contributed by atoms with Crippen LogP contribution in [0.5, 0.6) is 0 Å². The summed E-state index contributed by atoms with van der Waals surface area (Å²) < 4.78 is 13.7. The van der Waals surface area contributed by atoms with Crippen molar-refractivity contribution in [2.45, 2.75) is 19.8 Å². The summed E-state index contributed by atoms with van der Waals surface area (Å²) in [6, 6.07) is 4.81. The van der Waals surface area contributed by atoms with Crippen molar-refractivity contribution in [1.82, 2.24) is 5.32 Å². The van der Waals surface area contributed by atoms with Crippen molar-refractivity contribution in [3.8, 4) is 0 Å². The number of nitrogens with one attached hydrogen (secondary N) is 1. The van der Waals surface area contributed by atoms with E-state index in [4.69, 9.17) is 0 Å². The number of carbonyl (C=O) groups excluding carboxylic acids is 1. The molecule has 1 atom stereocenters. The van der Waals surface area contributed by atoms with E-state index in [9.17, 15) is 9.18 Å². The third-order valence-electron chi connectivity index (χ3n) is 3.42. The molecule has 0 radical (unpaired) electrons. The highest BCUT2D eigenvalue weighted by atomic mass is 79.9. The molecule has 0 amide bonds. The predicted octanol–water partition coefficient (Wildman–Crippen LogP) is 2.70. The minimum Gasteiger partial charge on any atom is -0.316 e. The van der Waals surface area contributed by atoms with Gasteiger partial charge in [0.25, 0.3) is 0 Å². The lowest BCUT2D eigenvalue weighted by Gasteiger charge is -2.21. The van der Waals surface area contributed by atoms with Gasteiger partial charge in [-0.15, -0.1) is 0 Å². The Morgan fingerprint density at radius 1 is 1.59 bits per heavy atom. The van der Waals surface area contributed by atoms with Crippen molar-refractivity contribution in [3.63, 3.8) is 0 Å². The number of rotatable bonds is 3. The number of carbonyl (C=O) groups is 1. The number of Topliss-reactive ketones (excluding diaryl/α,β-unsaturated/α-hetero) is 1. The molecule has 0 saturated carbocycles. The highest BCUT2D eigenvalue weighted by molar-refractivity contribution is 9.10. The molecule has 1 saturated heterocycles. The van der Waals surface area contributed by atoms with Crippen LogP contribution < -0.4 is 5.32 Å². The molecule has 1 aromatic rings. The Morgan fingerprint density at radius 3 is 3.00 bits per heavy atom. The predicted molar refractivity (Wildman–Crippen MR) is 68.4 cm³/mol. The van der Waals surface area contributed by atoms with Crippen LogP contribution in [0.1, 0.15) is 18.9 Å². The summed E-state index contributed by atoms with van der Waals surface area (Å²) in [5.74, 6) is -0.140. The van der Waals surface area contributed by atoms with Crippen molar-refractivity contribution in [2.75, 3.05) is 13.1 Å². The summed E-state index contributed by atoms with van der Waals surface area (Å²) in [4.78, 5) is 12.2. The minimum atomic E-state index is -0.315. The van der Waals surface area contributed by atoms with Crippen molar-refractivity contribution in [1.29, 1.82) is 0 Å². The summed E-state index contributed by atoms with van der Waals surface area (Å²) >= 11 is 3.19. The van der Waals surface area contributed by atoms with E-state index in [2.05, 4.69) is 21.2 Å². The molecule has 17 heavy (non-hydrogen) atoms. The van der Waals surface area contributed by atoms with E-state index < -0.39 is 0 Å². The second-order valence-electron chi connectivity index (χ2n) is 4.80. The molecule has 1 N–H and O–H groups in total. The van der Waals surface area contributed by atoms with E-state index in [1.807, 2.05) is 6.92 Å². The Hall–Kier alpha value is -0.740. The van der Waals surface area contributed by atoms with Crippen LogP contribution in [-0.4, -0.2) is 18.9 Å². The Labute approximate surface area is 109 Å². The van der Waals surface area contributed by atoms with E-state index in [1.54, 1.807) is 12.1 Å². The van der Waals surface area contributed by atoms with Gasteiger partial charge in [-0.25, -0.2) is 4.39 Å². The first-order valence-electron chi connectivity index (χ1n) is 5.70. The topological polar surface area (TPSA) is 29.1 Å². The van der Waals surface area contributed by atoms with Crippen molar-refractivity contribution in [3.05, 3.63) is 34.1 Å². The lowest BCUT2D eigenvalue weighted by Crippen LogP contribution is -2.31. The van der Waals surface area contributed by atoms with Gasteiger partial charge in [-0.3, -0.25) is 4.79 Å². The van der Waals surface area contributed by atoms with Gasteiger partial charge in [0.15, 0.2) is 0 Å². The van der Waals surface area contributed by atoms with E-state index >= 15 is 0 Å². The second-order valence-corrected chi connectivity index (χ2v) is 5.59. The first kappa shape index (κ1) is 12.7. The molecule has 2 nitrogen and oxygen atoms in total. The molecule has 1 aliphatic heterocycles. The maximum atomic E-state index is 13.3. The molecular formula is C13H15BrFNO. The average Bonchev–Trinajstić information content (AvgIpc) is 2.73. The standard InChI is InChI=1S/C13H15BrFNO/c1-13(5-6-16-8-13)11(17)7-9-3-2-4-10(15)12(9)14/h2-4,16H,5-8H2,1H3. The monoisotopic (exact) mass is 299 g/mol. The fourth-order valence-corrected chi connectivity index (χ4v) is 2.53. The van der Waals surface area contributed by atoms with E-state index in [-0.39, 0.29) is 23.4 Å². The number of hydrogen-bond acceptors (Lipinski definition) is 2. The molecule has 1 fully saturated rings. The van der Waals surface area contributed by atoms with Gasteiger partial charge in [0.1, 0.15) is 11.6 Å². The molecular weight excluding hydrogens is 285 g/mol. The van der Waals surface area contributed by atoms with Crippen LogP contribution in [0.4, 0.5) is 4.39 Å². The lowest BCUT2D eigenvalue weighted by atomic mass is 9.82. The number of benzene rings is 1. The molecule has 0 aromatic heterocycles. The van der Waals surface area contributed by atoms with E-state index in [0.29, 0.717) is 4.47 Å². The first-order valence-corrected chi connectivity index (χ1v) is 6.49. The molecule has 0 spiro atoms. The van der Waals surface area contributed by atoms with E-state index in [0.717, 1.165) is 25.1 Å². The molecule has 2 rings (SSSR count). The Morgan fingerprint density at radius 2 is 2.35 bits per heavy atom. The maximum absolute atomic E-state index is 13.3. The zero-order valence-corrected chi connectivity index (χ0v) is 11.3. The van der Waals surface area contributed by atoms with Gasteiger partial charge in [-0.1, -0.05) is 19.1 Å². The summed E-state index contributed by atoms with van der Waals surface area (Å²) in [6.07, 6.45) is 1.15. The Balaban J connectivity index is 2.16. The first-order chi connectivity index (χ1) is 8.03. The molecule has 92 valence electrons. The smallest absolute Gasteiger partial charge is 0.144 e. The summed E-state index contributed by atoms with van der Waals surface area (Å²) in [6.45, 7) is 3.58. The van der Waals surface area contributed by atoms with Gasteiger partial charge in [-0.05, 0) is 40.5 Å². The zero-order chi connectivity index (χ0) is 12.5. The molecule has 1 heterocycles. The van der Waals surface area contributed by atoms with Crippen LogP contribution in [0, 0.1) is 11.2 Å². The molecule has 0 aliphatic carbocycles. The normalized spacial score (nSPS) is 23.9. The number of halogens is 2. The van der Waals surface area contributed by atoms with Crippen LogP contribution >= 0.6 is 15.9 Å². The van der Waals surface area contributed by atoms with Crippen LogP contribution in [0.3, 0.4) is 0 Å². The van der Waals surface area contributed by atoms with Crippen molar-refractivity contribution >= 4 is 21.7 Å². The summed E-state index contributed by atoms with van der Waals surface area (Å²) in [7, 11) is 0. The highest BCUT2D eigenvalue weighted by Crippen LogP contribution is 2.29. The fraction of sp³-hybridized carbons (Fsp3) is 0.462. The largest absolute Gasteiger partial charge is 0.316 e.